The summed E-state index contributed by atoms with van der Waals surface area (Å²) in [6.07, 6.45) is 1.55. The third-order valence-electron chi connectivity index (χ3n) is 3.17. The van der Waals surface area contributed by atoms with E-state index in [1.165, 1.54) is 5.56 Å². The second-order valence-electron chi connectivity index (χ2n) is 5.34. The van der Waals surface area contributed by atoms with E-state index in [0.29, 0.717) is 11.5 Å². The summed E-state index contributed by atoms with van der Waals surface area (Å²) in [6, 6.07) is 8.57. The number of hydrogen-bond donors (Lipinski definition) is 2. The summed E-state index contributed by atoms with van der Waals surface area (Å²) in [5.74, 6) is 1.42. The van der Waals surface area contributed by atoms with Crippen LogP contribution >= 0.6 is 0 Å². The van der Waals surface area contributed by atoms with E-state index < -0.39 is 0 Å². The van der Waals surface area contributed by atoms with Crippen molar-refractivity contribution in [1.29, 1.82) is 0 Å². The van der Waals surface area contributed by atoms with Crippen molar-refractivity contribution in [3.8, 4) is 0 Å². The average molecular weight is 285 g/mol. The Kier molecular flexibility index (Phi) is 4.62. The summed E-state index contributed by atoms with van der Waals surface area (Å²) in [7, 11) is 0. The number of nitrogens with zero attached hydrogens (tertiary/aromatic N) is 3. The first-order valence-corrected chi connectivity index (χ1v) is 7.24. The lowest BCUT2D eigenvalue weighted by Gasteiger charge is -2.25. The maximum atomic E-state index is 6.25. The Bertz CT molecular complexity index is 609. The fraction of sp³-hybridized carbons (Fsp3) is 0.375. The average Bonchev–Trinajstić information content (AvgIpc) is 2.43. The molecule has 21 heavy (non-hydrogen) atoms. The molecule has 5 nitrogen and oxygen atoms in total. The largest absolute Gasteiger partial charge is 0.393 e. The van der Waals surface area contributed by atoms with Gasteiger partial charge in [-0.25, -0.2) is 9.97 Å². The molecule has 0 aliphatic rings. The molecule has 2 rings (SSSR count). The molecule has 0 spiro atoms. The lowest BCUT2D eigenvalue weighted by Crippen LogP contribution is -2.21. The molecule has 1 aromatic carbocycles. The molecule has 2 aromatic rings. The van der Waals surface area contributed by atoms with Crippen LogP contribution in [0, 0.1) is 6.92 Å². The fourth-order valence-corrected chi connectivity index (χ4v) is 2.24. The van der Waals surface area contributed by atoms with E-state index in [1.54, 1.807) is 6.33 Å². The molecule has 0 fully saturated rings. The molecule has 3 N–H and O–H groups in total. The molecular formula is C16H23N5. The zero-order valence-electron chi connectivity index (χ0n) is 13.1. The monoisotopic (exact) mass is 285 g/mol. The molecule has 0 radical (unpaired) electrons. The number of aryl methyl sites for hydroxylation is 1. The van der Waals surface area contributed by atoms with Gasteiger partial charge in [0.05, 0.1) is 0 Å². The molecule has 0 amide bonds. The van der Waals surface area contributed by atoms with Crippen LogP contribution in [0.3, 0.4) is 0 Å². The normalized spacial score (nSPS) is 10.7. The minimum Gasteiger partial charge on any atom is -0.393 e. The minimum atomic E-state index is 0.268. The number of nitrogens with one attached hydrogen (secondary N) is 1. The number of benzene rings is 1. The van der Waals surface area contributed by atoms with Gasteiger partial charge in [0.15, 0.2) is 11.6 Å². The number of nitrogens with two attached hydrogens (primary N) is 1. The predicted molar refractivity (Wildman–Crippen MR) is 89.1 cm³/mol. The van der Waals surface area contributed by atoms with E-state index >= 15 is 0 Å². The van der Waals surface area contributed by atoms with Gasteiger partial charge < -0.3 is 16.0 Å². The van der Waals surface area contributed by atoms with E-state index in [1.807, 2.05) is 6.07 Å². The molecule has 0 saturated heterocycles. The Morgan fingerprint density at radius 3 is 2.67 bits per heavy atom. The number of aromatic nitrogens is 2. The van der Waals surface area contributed by atoms with Gasteiger partial charge in [0.25, 0.3) is 0 Å². The van der Waals surface area contributed by atoms with Crippen molar-refractivity contribution in [3.63, 3.8) is 0 Å². The molecule has 0 aliphatic carbocycles. The maximum Gasteiger partial charge on any atom is 0.161 e. The highest BCUT2D eigenvalue weighted by Gasteiger charge is 2.16. The smallest absolute Gasteiger partial charge is 0.161 e. The Morgan fingerprint density at radius 1 is 1.29 bits per heavy atom. The third kappa shape index (κ3) is 3.42. The van der Waals surface area contributed by atoms with Crippen LogP contribution in [0.25, 0.3) is 0 Å². The molecule has 1 heterocycles. The Hall–Kier alpha value is -2.30. The van der Waals surface area contributed by atoms with Gasteiger partial charge in [-0.05, 0) is 45.4 Å². The van der Waals surface area contributed by atoms with Gasteiger partial charge in [0.2, 0.25) is 0 Å². The van der Waals surface area contributed by atoms with Crippen molar-refractivity contribution in [2.75, 3.05) is 22.5 Å². The zero-order chi connectivity index (χ0) is 15.4. The van der Waals surface area contributed by atoms with Crippen LogP contribution < -0.4 is 16.0 Å². The molecule has 0 atom stereocenters. The van der Waals surface area contributed by atoms with Gasteiger partial charge in [-0.2, -0.15) is 0 Å². The van der Waals surface area contributed by atoms with Gasteiger partial charge in [-0.15, -0.1) is 0 Å². The van der Waals surface area contributed by atoms with E-state index in [2.05, 4.69) is 66.1 Å². The summed E-state index contributed by atoms with van der Waals surface area (Å²) in [6.45, 7) is 9.05. The quantitative estimate of drug-likeness (QED) is 0.882. The lowest BCUT2D eigenvalue weighted by atomic mass is 10.2. The highest BCUT2D eigenvalue weighted by atomic mass is 15.2. The summed E-state index contributed by atoms with van der Waals surface area (Å²) in [5, 5.41) is 3.25. The van der Waals surface area contributed by atoms with Gasteiger partial charge >= 0.3 is 0 Å². The summed E-state index contributed by atoms with van der Waals surface area (Å²) in [4.78, 5) is 10.7. The fourth-order valence-electron chi connectivity index (χ4n) is 2.24. The Labute approximate surface area is 126 Å². The van der Waals surface area contributed by atoms with Crippen molar-refractivity contribution in [1.82, 2.24) is 9.97 Å². The highest BCUT2D eigenvalue weighted by Crippen LogP contribution is 2.32. The Morgan fingerprint density at radius 2 is 2.05 bits per heavy atom. The zero-order valence-corrected chi connectivity index (χ0v) is 13.1. The summed E-state index contributed by atoms with van der Waals surface area (Å²) < 4.78 is 0. The first-order valence-electron chi connectivity index (χ1n) is 7.24. The third-order valence-corrected chi connectivity index (χ3v) is 3.17. The SMILES string of the molecule is CCN(c1cccc(C)c1)c1ncnc(NC(C)C)c1N. The van der Waals surface area contributed by atoms with Crippen molar-refractivity contribution >= 4 is 23.0 Å². The van der Waals surface area contributed by atoms with Gasteiger partial charge in [-0.3, -0.25) is 0 Å². The van der Waals surface area contributed by atoms with Crippen LogP contribution in [0.5, 0.6) is 0 Å². The molecule has 0 bridgehead atoms. The number of rotatable bonds is 5. The van der Waals surface area contributed by atoms with Crippen LogP contribution in [0.15, 0.2) is 30.6 Å². The maximum absolute atomic E-state index is 6.25. The van der Waals surface area contributed by atoms with E-state index in [4.69, 9.17) is 5.73 Å². The van der Waals surface area contributed by atoms with Crippen molar-refractivity contribution < 1.29 is 0 Å². The van der Waals surface area contributed by atoms with Crippen LogP contribution in [0.4, 0.5) is 23.0 Å². The van der Waals surface area contributed by atoms with Crippen LogP contribution in [-0.4, -0.2) is 22.6 Å². The first kappa shape index (κ1) is 15.1. The molecule has 0 saturated carbocycles. The van der Waals surface area contributed by atoms with E-state index in [0.717, 1.165) is 18.1 Å². The van der Waals surface area contributed by atoms with E-state index in [-0.39, 0.29) is 6.04 Å². The Balaban J connectivity index is 2.43. The second-order valence-corrected chi connectivity index (χ2v) is 5.34. The predicted octanol–water partition coefficient (Wildman–Crippen LogP) is 3.35. The standard InChI is InChI=1S/C16H23N5/c1-5-21(13-8-6-7-12(4)9-13)16-14(17)15(18-10-19-16)20-11(2)3/h6-11H,5,17H2,1-4H3,(H,18,19,20). The first-order chi connectivity index (χ1) is 10.0. The second kappa shape index (κ2) is 6.43. The topological polar surface area (TPSA) is 67.1 Å². The van der Waals surface area contributed by atoms with Crippen molar-refractivity contribution in [2.45, 2.75) is 33.7 Å². The number of nitrogen functional groups attached to an aromatic ring is 1. The molecule has 1 aromatic heterocycles. The minimum absolute atomic E-state index is 0.268. The summed E-state index contributed by atoms with van der Waals surface area (Å²) >= 11 is 0. The number of anilines is 4. The lowest BCUT2D eigenvalue weighted by molar-refractivity contribution is 0.884. The highest BCUT2D eigenvalue weighted by molar-refractivity contribution is 5.79. The molecular weight excluding hydrogens is 262 g/mol. The van der Waals surface area contributed by atoms with Gasteiger partial charge in [0, 0.05) is 18.3 Å². The number of hydrogen-bond acceptors (Lipinski definition) is 5. The van der Waals surface area contributed by atoms with Crippen LogP contribution in [0.2, 0.25) is 0 Å². The van der Waals surface area contributed by atoms with Crippen LogP contribution in [0.1, 0.15) is 26.3 Å². The molecule has 0 unspecified atom stereocenters. The van der Waals surface area contributed by atoms with Crippen LogP contribution in [-0.2, 0) is 0 Å². The van der Waals surface area contributed by atoms with Gasteiger partial charge in [0.1, 0.15) is 12.0 Å². The molecule has 5 heteroatoms. The van der Waals surface area contributed by atoms with Crippen molar-refractivity contribution in [3.05, 3.63) is 36.2 Å². The van der Waals surface area contributed by atoms with Crippen molar-refractivity contribution in [2.24, 2.45) is 0 Å². The van der Waals surface area contributed by atoms with E-state index in [9.17, 15) is 0 Å². The summed E-state index contributed by atoms with van der Waals surface area (Å²) in [5.41, 5.74) is 9.12. The van der Waals surface area contributed by atoms with Gasteiger partial charge in [-0.1, -0.05) is 12.1 Å². The molecule has 112 valence electrons. The molecule has 0 aliphatic heterocycles.